The van der Waals surface area contributed by atoms with Crippen LogP contribution in [0.2, 0.25) is 0 Å². The van der Waals surface area contributed by atoms with Crippen LogP contribution in [0.4, 0.5) is 0 Å². The normalized spacial score (nSPS) is 13.7. The molecule has 0 bridgehead atoms. The van der Waals surface area contributed by atoms with Gasteiger partial charge in [0, 0.05) is 25.5 Å². The second-order valence-electron chi connectivity index (χ2n) is 4.76. The maximum Gasteiger partial charge on any atom is 0.246 e. The van der Waals surface area contributed by atoms with Gasteiger partial charge in [-0.25, -0.2) is 8.42 Å². The summed E-state index contributed by atoms with van der Waals surface area (Å²) in [6.07, 6.45) is 3.33. The second-order valence-corrected chi connectivity index (χ2v) is 6.73. The highest BCUT2D eigenvalue weighted by Gasteiger charge is 2.29. The van der Waals surface area contributed by atoms with Crippen LogP contribution in [0.25, 0.3) is 0 Å². The Labute approximate surface area is 119 Å². The van der Waals surface area contributed by atoms with E-state index in [0.717, 1.165) is 5.56 Å². The van der Waals surface area contributed by atoms with Crippen LogP contribution in [0.15, 0.2) is 39.9 Å². The molecule has 0 aliphatic carbocycles. The fourth-order valence-corrected chi connectivity index (χ4v) is 3.63. The molecule has 108 valence electrons. The third-order valence-corrected chi connectivity index (χ3v) is 5.40. The van der Waals surface area contributed by atoms with Crippen molar-refractivity contribution in [1.29, 1.82) is 0 Å². The van der Waals surface area contributed by atoms with Crippen LogP contribution in [0.3, 0.4) is 0 Å². The Bertz CT molecular complexity index is 692. The molecular weight excluding hydrogens is 276 g/mol. The number of hydrogen-bond acceptors (Lipinski definition) is 4. The average molecular weight is 294 g/mol. The molecule has 0 radical (unpaired) electrons. The van der Waals surface area contributed by atoms with Gasteiger partial charge in [-0.1, -0.05) is 6.07 Å². The highest BCUT2D eigenvalue weighted by atomic mass is 32.2. The van der Waals surface area contributed by atoms with Crippen LogP contribution in [-0.4, -0.2) is 24.8 Å². The molecule has 5 nitrogen and oxygen atoms in total. The average Bonchev–Trinajstić information content (AvgIpc) is 2.77. The van der Waals surface area contributed by atoms with Gasteiger partial charge in [-0.2, -0.15) is 4.31 Å². The minimum Gasteiger partial charge on any atom is -0.465 e. The van der Waals surface area contributed by atoms with Crippen molar-refractivity contribution in [2.24, 2.45) is 0 Å². The van der Waals surface area contributed by atoms with Gasteiger partial charge in [0.05, 0.1) is 0 Å². The predicted octanol–water partition coefficient (Wildman–Crippen LogP) is 2.67. The van der Waals surface area contributed by atoms with E-state index in [-0.39, 0.29) is 10.9 Å². The molecule has 0 fully saturated rings. The summed E-state index contributed by atoms with van der Waals surface area (Å²) < 4.78 is 31.9. The maximum absolute atomic E-state index is 12.6. The molecular formula is C14H18N2O3S. The SMILES string of the molecule is Cc1cc(S(=O)(=O)N(C)[C@H](C)c2cccnc2)c(C)o1. The third-order valence-electron chi connectivity index (χ3n) is 3.36. The molecule has 2 aromatic rings. The van der Waals surface area contributed by atoms with Gasteiger partial charge in [0.1, 0.15) is 16.4 Å². The lowest BCUT2D eigenvalue weighted by atomic mass is 10.1. The molecule has 0 N–H and O–H groups in total. The summed E-state index contributed by atoms with van der Waals surface area (Å²) in [4.78, 5) is 4.24. The molecule has 0 aromatic carbocycles. The lowest BCUT2D eigenvalue weighted by molar-refractivity contribution is 0.396. The molecule has 2 aromatic heterocycles. The van der Waals surface area contributed by atoms with Crippen molar-refractivity contribution in [2.75, 3.05) is 7.05 Å². The number of hydrogen-bond donors (Lipinski definition) is 0. The first-order chi connectivity index (χ1) is 9.34. The number of aromatic nitrogens is 1. The van der Waals surface area contributed by atoms with Gasteiger partial charge in [0.15, 0.2) is 0 Å². The summed E-state index contributed by atoms with van der Waals surface area (Å²) in [5.74, 6) is 0.997. The first-order valence-corrected chi connectivity index (χ1v) is 7.73. The van der Waals surface area contributed by atoms with Crippen molar-refractivity contribution in [3.63, 3.8) is 0 Å². The van der Waals surface area contributed by atoms with Gasteiger partial charge in [-0.3, -0.25) is 4.98 Å². The van der Waals surface area contributed by atoms with E-state index in [1.807, 2.05) is 13.0 Å². The zero-order valence-electron chi connectivity index (χ0n) is 12.0. The Balaban J connectivity index is 2.37. The van der Waals surface area contributed by atoms with E-state index in [9.17, 15) is 8.42 Å². The first kappa shape index (κ1) is 14.7. The van der Waals surface area contributed by atoms with Crippen molar-refractivity contribution in [3.8, 4) is 0 Å². The van der Waals surface area contributed by atoms with Gasteiger partial charge in [-0.15, -0.1) is 0 Å². The third kappa shape index (κ3) is 2.62. The Kier molecular flexibility index (Phi) is 3.96. The van der Waals surface area contributed by atoms with E-state index in [1.165, 1.54) is 4.31 Å². The van der Waals surface area contributed by atoms with Crippen molar-refractivity contribution in [2.45, 2.75) is 31.7 Å². The van der Waals surface area contributed by atoms with E-state index >= 15 is 0 Å². The van der Waals surface area contributed by atoms with Crippen LogP contribution in [0.1, 0.15) is 30.0 Å². The number of furan rings is 1. The molecule has 1 atom stereocenters. The molecule has 20 heavy (non-hydrogen) atoms. The Hall–Kier alpha value is -1.66. The van der Waals surface area contributed by atoms with Crippen LogP contribution in [-0.2, 0) is 10.0 Å². The van der Waals surface area contributed by atoms with Crippen LogP contribution in [0, 0.1) is 13.8 Å². The maximum atomic E-state index is 12.6. The Morgan fingerprint density at radius 3 is 2.55 bits per heavy atom. The largest absolute Gasteiger partial charge is 0.465 e. The molecule has 0 spiro atoms. The highest BCUT2D eigenvalue weighted by Crippen LogP contribution is 2.28. The van der Waals surface area contributed by atoms with Crippen molar-refractivity contribution >= 4 is 10.0 Å². The molecule has 2 rings (SSSR count). The lowest BCUT2D eigenvalue weighted by Gasteiger charge is -2.24. The second kappa shape index (κ2) is 5.38. The van der Waals surface area contributed by atoms with Crippen molar-refractivity contribution in [3.05, 3.63) is 47.7 Å². The number of nitrogens with zero attached hydrogens (tertiary/aromatic N) is 2. The zero-order chi connectivity index (χ0) is 14.9. The van der Waals surface area contributed by atoms with Gasteiger partial charge < -0.3 is 4.42 Å². The number of sulfonamides is 1. The highest BCUT2D eigenvalue weighted by molar-refractivity contribution is 7.89. The molecule has 6 heteroatoms. The summed E-state index contributed by atoms with van der Waals surface area (Å²) in [5, 5.41) is 0. The van der Waals surface area contributed by atoms with E-state index < -0.39 is 10.0 Å². The van der Waals surface area contributed by atoms with Crippen molar-refractivity contribution < 1.29 is 12.8 Å². The molecule has 0 saturated carbocycles. The fraction of sp³-hybridized carbons (Fsp3) is 0.357. The molecule has 2 heterocycles. The Morgan fingerprint density at radius 1 is 1.35 bits per heavy atom. The van der Waals surface area contributed by atoms with E-state index in [2.05, 4.69) is 4.98 Å². The van der Waals surface area contributed by atoms with Gasteiger partial charge in [-0.05, 0) is 38.5 Å². The molecule has 0 aliphatic heterocycles. The molecule has 0 unspecified atom stereocenters. The van der Waals surface area contributed by atoms with Gasteiger partial charge in [0.2, 0.25) is 10.0 Å². The molecule has 0 amide bonds. The topological polar surface area (TPSA) is 63.4 Å². The number of aryl methyl sites for hydroxylation is 2. The summed E-state index contributed by atoms with van der Waals surface area (Å²) in [6.45, 7) is 5.22. The van der Waals surface area contributed by atoms with Crippen LogP contribution in [0.5, 0.6) is 0 Å². The summed E-state index contributed by atoms with van der Waals surface area (Å²) >= 11 is 0. The van der Waals surface area contributed by atoms with E-state index in [4.69, 9.17) is 4.42 Å². The van der Waals surface area contributed by atoms with Gasteiger partial charge in [0.25, 0.3) is 0 Å². The monoisotopic (exact) mass is 294 g/mol. The van der Waals surface area contributed by atoms with Crippen LogP contribution < -0.4 is 0 Å². The minimum atomic E-state index is -3.58. The fourth-order valence-electron chi connectivity index (χ4n) is 2.06. The number of rotatable bonds is 4. The smallest absolute Gasteiger partial charge is 0.246 e. The predicted molar refractivity (Wildman–Crippen MR) is 75.8 cm³/mol. The molecule has 0 saturated heterocycles. The Morgan fingerprint density at radius 2 is 2.05 bits per heavy atom. The van der Waals surface area contributed by atoms with E-state index in [1.54, 1.807) is 45.4 Å². The summed E-state index contributed by atoms with van der Waals surface area (Å²) in [5.41, 5.74) is 0.844. The lowest BCUT2D eigenvalue weighted by Crippen LogP contribution is -2.30. The first-order valence-electron chi connectivity index (χ1n) is 6.29. The zero-order valence-corrected chi connectivity index (χ0v) is 12.8. The van der Waals surface area contributed by atoms with Gasteiger partial charge >= 0.3 is 0 Å². The standard InChI is InChI=1S/C14H18N2O3S/c1-10-8-14(12(3)19-10)20(17,18)16(4)11(2)13-6-5-7-15-9-13/h5-9,11H,1-4H3/t11-/m1/s1. The summed E-state index contributed by atoms with van der Waals surface area (Å²) in [6, 6.07) is 4.90. The van der Waals surface area contributed by atoms with Crippen molar-refractivity contribution in [1.82, 2.24) is 9.29 Å². The van der Waals surface area contributed by atoms with Crippen LogP contribution >= 0.6 is 0 Å². The number of pyridine rings is 1. The minimum absolute atomic E-state index is 0.216. The van der Waals surface area contributed by atoms with E-state index in [0.29, 0.717) is 11.5 Å². The molecule has 0 aliphatic rings. The summed E-state index contributed by atoms with van der Waals surface area (Å²) in [7, 11) is -2.02. The quantitative estimate of drug-likeness (QED) is 0.869.